The van der Waals surface area contributed by atoms with E-state index in [2.05, 4.69) is 32.7 Å². The van der Waals surface area contributed by atoms with Gasteiger partial charge in [-0.15, -0.1) is 24.0 Å². The minimum Gasteiger partial charge on any atom is -0.357 e. The lowest BCUT2D eigenvalue weighted by Crippen LogP contribution is -2.37. The fourth-order valence-electron chi connectivity index (χ4n) is 2.97. The number of guanidine groups is 1. The topological polar surface area (TPSA) is 75.3 Å². The van der Waals surface area contributed by atoms with Gasteiger partial charge in [0, 0.05) is 13.1 Å². The van der Waals surface area contributed by atoms with Gasteiger partial charge in [-0.2, -0.15) is 4.98 Å². The van der Waals surface area contributed by atoms with Crippen LogP contribution < -0.4 is 10.6 Å². The average Bonchev–Trinajstić information content (AvgIpc) is 2.95. The number of aryl methyl sites for hydroxylation is 1. The largest absolute Gasteiger partial charge is 0.357 e. The van der Waals surface area contributed by atoms with Crippen LogP contribution in [0, 0.1) is 12.8 Å². The van der Waals surface area contributed by atoms with Gasteiger partial charge in [-0.05, 0) is 32.6 Å². The molecule has 0 amide bonds. The molecule has 2 rings (SSSR count). The van der Waals surface area contributed by atoms with E-state index in [9.17, 15) is 0 Å². The SMILES string of the molecule is CCNC(=NCc1nc(C)no1)NCCCC1CCCCC1.I. The van der Waals surface area contributed by atoms with Crippen molar-refractivity contribution in [2.24, 2.45) is 10.9 Å². The van der Waals surface area contributed by atoms with E-state index < -0.39 is 0 Å². The first-order valence-electron chi connectivity index (χ1n) is 8.59. The summed E-state index contributed by atoms with van der Waals surface area (Å²) in [6, 6.07) is 0. The van der Waals surface area contributed by atoms with Crippen LogP contribution in [0.3, 0.4) is 0 Å². The van der Waals surface area contributed by atoms with Crippen LogP contribution in [-0.2, 0) is 6.54 Å². The number of aromatic nitrogens is 2. The Morgan fingerprint density at radius 3 is 2.70 bits per heavy atom. The maximum absolute atomic E-state index is 5.07. The summed E-state index contributed by atoms with van der Waals surface area (Å²) in [7, 11) is 0. The van der Waals surface area contributed by atoms with Crippen molar-refractivity contribution in [2.45, 2.75) is 65.3 Å². The standard InChI is InChI=1S/C16H29N5O.HI/c1-3-17-16(19-12-15-20-13(2)21-22-15)18-11-7-10-14-8-5-4-6-9-14;/h14H,3-12H2,1-2H3,(H2,17,18,19);1H. The molecule has 1 saturated carbocycles. The lowest BCUT2D eigenvalue weighted by molar-refractivity contribution is 0.332. The lowest BCUT2D eigenvalue weighted by atomic mass is 9.86. The molecule has 0 atom stereocenters. The van der Waals surface area contributed by atoms with E-state index >= 15 is 0 Å². The van der Waals surface area contributed by atoms with Gasteiger partial charge in [0.15, 0.2) is 11.8 Å². The Bertz CT molecular complexity index is 457. The van der Waals surface area contributed by atoms with Crippen molar-refractivity contribution in [1.82, 2.24) is 20.8 Å². The summed E-state index contributed by atoms with van der Waals surface area (Å²) in [6.07, 6.45) is 9.65. The molecule has 1 aromatic rings. The second kappa shape index (κ2) is 11.6. The first-order valence-corrected chi connectivity index (χ1v) is 8.59. The van der Waals surface area contributed by atoms with Crippen LogP contribution in [0.2, 0.25) is 0 Å². The smallest absolute Gasteiger partial charge is 0.248 e. The van der Waals surface area contributed by atoms with Crippen molar-refractivity contribution in [3.63, 3.8) is 0 Å². The number of rotatable bonds is 7. The molecule has 23 heavy (non-hydrogen) atoms. The predicted octanol–water partition coefficient (Wildman–Crippen LogP) is 3.41. The molecule has 1 heterocycles. The fraction of sp³-hybridized carbons (Fsp3) is 0.812. The van der Waals surface area contributed by atoms with Crippen LogP contribution in [0.4, 0.5) is 0 Å². The van der Waals surface area contributed by atoms with Crippen molar-refractivity contribution in [3.8, 4) is 0 Å². The molecule has 0 aliphatic heterocycles. The Balaban J connectivity index is 0.00000264. The summed E-state index contributed by atoms with van der Waals surface area (Å²) in [6.45, 7) is 6.10. The minimum absolute atomic E-state index is 0. The molecule has 0 spiro atoms. The van der Waals surface area contributed by atoms with Crippen molar-refractivity contribution < 1.29 is 4.52 Å². The van der Waals surface area contributed by atoms with Crippen molar-refractivity contribution in [1.29, 1.82) is 0 Å². The third-order valence-electron chi connectivity index (χ3n) is 4.09. The number of nitrogens with zero attached hydrogens (tertiary/aromatic N) is 3. The molecule has 0 unspecified atom stereocenters. The second-order valence-corrected chi connectivity index (χ2v) is 6.00. The Hall–Kier alpha value is -0.860. The van der Waals surface area contributed by atoms with Crippen molar-refractivity contribution in [3.05, 3.63) is 11.7 Å². The van der Waals surface area contributed by atoms with Crippen LogP contribution in [0.25, 0.3) is 0 Å². The summed E-state index contributed by atoms with van der Waals surface area (Å²) in [5.41, 5.74) is 0. The highest BCUT2D eigenvalue weighted by molar-refractivity contribution is 14.0. The van der Waals surface area contributed by atoms with Gasteiger partial charge in [-0.3, -0.25) is 0 Å². The molecular formula is C16H30IN5O. The maximum Gasteiger partial charge on any atom is 0.248 e. The number of hydrogen-bond acceptors (Lipinski definition) is 4. The number of hydrogen-bond donors (Lipinski definition) is 2. The van der Waals surface area contributed by atoms with Crippen LogP contribution >= 0.6 is 24.0 Å². The Kier molecular flexibility index (Phi) is 10.2. The molecular weight excluding hydrogens is 405 g/mol. The minimum atomic E-state index is 0. The predicted molar refractivity (Wildman–Crippen MR) is 103 cm³/mol. The highest BCUT2D eigenvalue weighted by Crippen LogP contribution is 2.26. The third-order valence-corrected chi connectivity index (χ3v) is 4.09. The van der Waals surface area contributed by atoms with E-state index in [0.29, 0.717) is 18.3 Å². The zero-order valence-electron chi connectivity index (χ0n) is 14.3. The molecule has 1 fully saturated rings. The van der Waals surface area contributed by atoms with E-state index in [4.69, 9.17) is 4.52 Å². The van der Waals surface area contributed by atoms with Gasteiger partial charge in [-0.1, -0.05) is 37.3 Å². The van der Waals surface area contributed by atoms with E-state index in [-0.39, 0.29) is 24.0 Å². The van der Waals surface area contributed by atoms with Crippen molar-refractivity contribution in [2.75, 3.05) is 13.1 Å². The molecule has 0 saturated heterocycles. The molecule has 0 bridgehead atoms. The highest BCUT2D eigenvalue weighted by Gasteiger charge is 2.12. The van der Waals surface area contributed by atoms with Crippen LogP contribution in [0.1, 0.15) is 63.6 Å². The second-order valence-electron chi connectivity index (χ2n) is 6.00. The molecule has 132 valence electrons. The zero-order chi connectivity index (χ0) is 15.6. The zero-order valence-corrected chi connectivity index (χ0v) is 16.6. The molecule has 2 N–H and O–H groups in total. The summed E-state index contributed by atoms with van der Waals surface area (Å²) >= 11 is 0. The van der Waals surface area contributed by atoms with E-state index in [0.717, 1.165) is 25.0 Å². The van der Waals surface area contributed by atoms with Gasteiger partial charge < -0.3 is 15.2 Å². The van der Waals surface area contributed by atoms with E-state index in [1.54, 1.807) is 0 Å². The summed E-state index contributed by atoms with van der Waals surface area (Å²) in [5, 5.41) is 10.4. The van der Waals surface area contributed by atoms with Crippen LogP contribution in [0.15, 0.2) is 9.52 Å². The van der Waals surface area contributed by atoms with Gasteiger partial charge >= 0.3 is 0 Å². The van der Waals surface area contributed by atoms with Gasteiger partial charge in [0.05, 0.1) is 0 Å². The van der Waals surface area contributed by atoms with E-state index in [1.807, 2.05) is 6.92 Å². The Morgan fingerprint density at radius 1 is 1.26 bits per heavy atom. The highest BCUT2D eigenvalue weighted by atomic mass is 127. The van der Waals surface area contributed by atoms with Gasteiger partial charge in [0.2, 0.25) is 5.89 Å². The number of aliphatic imine (C=N–C) groups is 1. The van der Waals surface area contributed by atoms with Crippen LogP contribution in [-0.4, -0.2) is 29.2 Å². The number of nitrogens with one attached hydrogen (secondary N) is 2. The van der Waals surface area contributed by atoms with Gasteiger partial charge in [-0.25, -0.2) is 4.99 Å². The average molecular weight is 435 g/mol. The Labute approximate surface area is 156 Å². The maximum atomic E-state index is 5.07. The molecule has 1 aliphatic rings. The van der Waals surface area contributed by atoms with Crippen LogP contribution in [0.5, 0.6) is 0 Å². The summed E-state index contributed by atoms with van der Waals surface area (Å²) in [4.78, 5) is 8.64. The molecule has 6 nitrogen and oxygen atoms in total. The van der Waals surface area contributed by atoms with Gasteiger partial charge in [0.1, 0.15) is 6.54 Å². The molecule has 1 aromatic heterocycles. The molecule has 0 aromatic carbocycles. The monoisotopic (exact) mass is 435 g/mol. The normalized spacial score (nSPS) is 16.0. The van der Waals surface area contributed by atoms with Gasteiger partial charge in [0.25, 0.3) is 0 Å². The quantitative estimate of drug-likeness (QED) is 0.297. The fourth-order valence-corrected chi connectivity index (χ4v) is 2.97. The third kappa shape index (κ3) is 7.99. The van der Waals surface area contributed by atoms with Crippen molar-refractivity contribution >= 4 is 29.9 Å². The summed E-state index contributed by atoms with van der Waals surface area (Å²) in [5.74, 6) is 2.96. The lowest BCUT2D eigenvalue weighted by Gasteiger charge is -2.21. The summed E-state index contributed by atoms with van der Waals surface area (Å²) < 4.78 is 5.07. The number of halogens is 1. The first-order chi connectivity index (χ1) is 10.8. The molecule has 7 heteroatoms. The molecule has 0 radical (unpaired) electrons. The Morgan fingerprint density at radius 2 is 2.04 bits per heavy atom. The van der Waals surface area contributed by atoms with E-state index in [1.165, 1.54) is 44.9 Å². The first kappa shape index (κ1) is 20.2. The molecule has 1 aliphatic carbocycles.